The van der Waals surface area contributed by atoms with Crippen molar-refractivity contribution < 1.29 is 13.2 Å². The molecule has 0 radical (unpaired) electrons. The number of nitrogens with one attached hydrogen (secondary N) is 1. The predicted octanol–water partition coefficient (Wildman–Crippen LogP) is 1.09. The molecule has 21 heavy (non-hydrogen) atoms. The quantitative estimate of drug-likeness (QED) is 0.548. The summed E-state index contributed by atoms with van der Waals surface area (Å²) in [4.78, 5) is 2.05. The standard InChI is InChI=1S/C13H22ClN3O3S/c1-10-12(14)8-11(9-13(10)15)21(18,19)16-4-6-20-7-5-17(2)3/h8-9,16H,4-7,15H2,1-3H3. The zero-order valence-corrected chi connectivity index (χ0v) is 14.1. The lowest BCUT2D eigenvalue weighted by Gasteiger charge is -2.11. The van der Waals surface area contributed by atoms with Crippen LogP contribution in [0.3, 0.4) is 0 Å². The summed E-state index contributed by atoms with van der Waals surface area (Å²) < 4.78 is 32.0. The number of ether oxygens (including phenoxy) is 1. The van der Waals surface area contributed by atoms with E-state index in [0.29, 0.717) is 29.5 Å². The molecule has 0 aliphatic heterocycles. The van der Waals surface area contributed by atoms with Crippen molar-refractivity contribution >= 4 is 27.3 Å². The molecular formula is C13H22ClN3O3S. The molecule has 0 aliphatic carbocycles. The monoisotopic (exact) mass is 335 g/mol. The SMILES string of the molecule is Cc1c(N)cc(S(=O)(=O)NCCOCCN(C)C)cc1Cl. The molecule has 1 aromatic rings. The van der Waals surface area contributed by atoms with Crippen LogP contribution in [0.15, 0.2) is 17.0 Å². The van der Waals surface area contributed by atoms with E-state index in [2.05, 4.69) is 4.72 Å². The summed E-state index contributed by atoms with van der Waals surface area (Å²) in [5.41, 5.74) is 6.76. The van der Waals surface area contributed by atoms with E-state index in [-0.39, 0.29) is 11.4 Å². The van der Waals surface area contributed by atoms with Crippen LogP contribution in [0.1, 0.15) is 5.56 Å². The molecule has 0 aromatic heterocycles. The van der Waals surface area contributed by atoms with Gasteiger partial charge in [0.1, 0.15) is 0 Å². The number of nitrogens with two attached hydrogens (primary N) is 1. The van der Waals surface area contributed by atoms with Gasteiger partial charge in [0.15, 0.2) is 0 Å². The van der Waals surface area contributed by atoms with Crippen LogP contribution in [-0.4, -0.2) is 53.7 Å². The molecule has 0 aliphatic rings. The van der Waals surface area contributed by atoms with E-state index in [0.717, 1.165) is 6.54 Å². The van der Waals surface area contributed by atoms with Gasteiger partial charge in [0.2, 0.25) is 10.0 Å². The number of halogens is 1. The summed E-state index contributed by atoms with van der Waals surface area (Å²) in [6.07, 6.45) is 0. The number of hydrogen-bond donors (Lipinski definition) is 2. The largest absolute Gasteiger partial charge is 0.398 e. The van der Waals surface area contributed by atoms with Crippen molar-refractivity contribution in [1.82, 2.24) is 9.62 Å². The highest BCUT2D eigenvalue weighted by atomic mass is 35.5. The minimum absolute atomic E-state index is 0.0592. The molecule has 0 unspecified atom stereocenters. The molecule has 0 saturated heterocycles. The molecule has 0 atom stereocenters. The third kappa shape index (κ3) is 5.80. The highest BCUT2D eigenvalue weighted by molar-refractivity contribution is 7.89. The highest BCUT2D eigenvalue weighted by Gasteiger charge is 2.16. The van der Waals surface area contributed by atoms with Crippen molar-refractivity contribution in [3.8, 4) is 0 Å². The Morgan fingerprint density at radius 1 is 1.33 bits per heavy atom. The fourth-order valence-electron chi connectivity index (χ4n) is 1.51. The zero-order chi connectivity index (χ0) is 16.0. The average molecular weight is 336 g/mol. The maximum atomic E-state index is 12.1. The molecule has 120 valence electrons. The van der Waals surface area contributed by atoms with Crippen LogP contribution < -0.4 is 10.5 Å². The number of hydrogen-bond acceptors (Lipinski definition) is 5. The lowest BCUT2D eigenvalue weighted by Crippen LogP contribution is -2.28. The molecule has 8 heteroatoms. The lowest BCUT2D eigenvalue weighted by atomic mass is 10.2. The van der Waals surface area contributed by atoms with Gasteiger partial charge in [-0.3, -0.25) is 0 Å². The fourth-order valence-corrected chi connectivity index (χ4v) is 2.88. The first-order valence-corrected chi connectivity index (χ1v) is 8.38. The van der Waals surface area contributed by atoms with Crippen molar-refractivity contribution in [1.29, 1.82) is 0 Å². The number of likely N-dealkylation sites (N-methyl/N-ethyl adjacent to an activating group) is 1. The molecule has 0 spiro atoms. The minimum Gasteiger partial charge on any atom is -0.398 e. The van der Waals surface area contributed by atoms with E-state index in [4.69, 9.17) is 22.1 Å². The Bertz CT molecular complexity index is 553. The van der Waals surface area contributed by atoms with E-state index >= 15 is 0 Å². The van der Waals surface area contributed by atoms with Crippen molar-refractivity contribution in [3.05, 3.63) is 22.7 Å². The van der Waals surface area contributed by atoms with E-state index in [1.54, 1.807) is 6.92 Å². The van der Waals surface area contributed by atoms with Gasteiger partial charge >= 0.3 is 0 Å². The molecule has 0 bridgehead atoms. The van der Waals surface area contributed by atoms with E-state index in [1.165, 1.54) is 12.1 Å². The van der Waals surface area contributed by atoms with E-state index < -0.39 is 10.0 Å². The second-order valence-corrected chi connectivity index (χ2v) is 7.11. The summed E-state index contributed by atoms with van der Waals surface area (Å²) in [7, 11) is 0.254. The summed E-state index contributed by atoms with van der Waals surface area (Å²) in [5, 5.41) is 0.331. The normalized spacial score (nSPS) is 12.0. The van der Waals surface area contributed by atoms with Crippen LogP contribution >= 0.6 is 11.6 Å². The van der Waals surface area contributed by atoms with Crippen LogP contribution in [0.5, 0.6) is 0 Å². The van der Waals surface area contributed by atoms with Gasteiger partial charge in [0.05, 0.1) is 18.1 Å². The Hall–Kier alpha value is -0.860. The first kappa shape index (κ1) is 18.2. The summed E-state index contributed by atoms with van der Waals surface area (Å²) >= 11 is 5.96. The number of nitrogen functional groups attached to an aromatic ring is 1. The van der Waals surface area contributed by atoms with Gasteiger partial charge in [-0.2, -0.15) is 0 Å². The van der Waals surface area contributed by atoms with Crippen molar-refractivity contribution in [2.45, 2.75) is 11.8 Å². The van der Waals surface area contributed by atoms with Crippen molar-refractivity contribution in [3.63, 3.8) is 0 Å². The molecule has 1 rings (SSSR count). The molecule has 6 nitrogen and oxygen atoms in total. The fraction of sp³-hybridized carbons (Fsp3) is 0.538. The molecule has 0 amide bonds. The van der Waals surface area contributed by atoms with Crippen LogP contribution in [0.4, 0.5) is 5.69 Å². The lowest BCUT2D eigenvalue weighted by molar-refractivity contribution is 0.122. The van der Waals surface area contributed by atoms with Crippen LogP contribution in [0.25, 0.3) is 0 Å². The first-order chi connectivity index (χ1) is 9.74. The maximum Gasteiger partial charge on any atom is 0.240 e. The number of benzene rings is 1. The Morgan fingerprint density at radius 3 is 2.57 bits per heavy atom. The average Bonchev–Trinajstić information content (AvgIpc) is 2.39. The second kappa shape index (κ2) is 7.95. The van der Waals surface area contributed by atoms with Gasteiger partial charge in [-0.15, -0.1) is 0 Å². The number of rotatable bonds is 8. The van der Waals surface area contributed by atoms with E-state index in [1.807, 2.05) is 19.0 Å². The Labute approximate surface area is 131 Å². The van der Waals surface area contributed by atoms with Gasteiger partial charge in [-0.1, -0.05) is 11.6 Å². The third-order valence-electron chi connectivity index (χ3n) is 2.89. The number of nitrogens with zero attached hydrogens (tertiary/aromatic N) is 1. The second-order valence-electron chi connectivity index (χ2n) is 4.93. The Balaban J connectivity index is 2.54. The number of anilines is 1. The van der Waals surface area contributed by atoms with Crippen LogP contribution in [0, 0.1) is 6.92 Å². The summed E-state index contributed by atoms with van der Waals surface area (Å²) in [5.74, 6) is 0. The first-order valence-electron chi connectivity index (χ1n) is 6.52. The Morgan fingerprint density at radius 2 is 2.00 bits per heavy atom. The molecule has 0 heterocycles. The van der Waals surface area contributed by atoms with Crippen LogP contribution in [-0.2, 0) is 14.8 Å². The summed E-state index contributed by atoms with van der Waals surface area (Å²) in [6, 6.07) is 2.79. The van der Waals surface area contributed by atoms with Crippen molar-refractivity contribution in [2.75, 3.05) is 46.1 Å². The Kier molecular flexibility index (Phi) is 6.89. The molecular weight excluding hydrogens is 314 g/mol. The smallest absolute Gasteiger partial charge is 0.240 e. The molecule has 0 fully saturated rings. The van der Waals surface area contributed by atoms with Gasteiger partial charge in [-0.05, 0) is 38.7 Å². The summed E-state index contributed by atoms with van der Waals surface area (Å²) in [6.45, 7) is 3.58. The highest BCUT2D eigenvalue weighted by Crippen LogP contribution is 2.25. The van der Waals surface area contributed by atoms with Gasteiger partial charge in [0.25, 0.3) is 0 Å². The van der Waals surface area contributed by atoms with Gasteiger partial charge < -0.3 is 15.4 Å². The maximum absolute atomic E-state index is 12.1. The number of sulfonamides is 1. The predicted molar refractivity (Wildman–Crippen MR) is 85.2 cm³/mol. The van der Waals surface area contributed by atoms with Crippen LogP contribution in [0.2, 0.25) is 5.02 Å². The van der Waals surface area contributed by atoms with Gasteiger partial charge in [0, 0.05) is 23.8 Å². The molecule has 1 aromatic carbocycles. The molecule has 0 saturated carbocycles. The van der Waals surface area contributed by atoms with Crippen molar-refractivity contribution in [2.24, 2.45) is 0 Å². The van der Waals surface area contributed by atoms with Gasteiger partial charge in [-0.25, -0.2) is 13.1 Å². The molecule has 3 N–H and O–H groups in total. The third-order valence-corrected chi connectivity index (χ3v) is 4.72. The zero-order valence-electron chi connectivity index (χ0n) is 12.5. The van der Waals surface area contributed by atoms with E-state index in [9.17, 15) is 8.42 Å². The minimum atomic E-state index is -3.63. The topological polar surface area (TPSA) is 84.7 Å².